The summed E-state index contributed by atoms with van der Waals surface area (Å²) in [6.07, 6.45) is -3.58. The third-order valence-electron chi connectivity index (χ3n) is 8.50. The first-order valence-corrected chi connectivity index (χ1v) is 14.5. The van der Waals surface area contributed by atoms with E-state index in [1.807, 2.05) is 4.90 Å². The summed E-state index contributed by atoms with van der Waals surface area (Å²) in [6, 6.07) is 4.41. The molecule has 3 fully saturated rings. The first-order chi connectivity index (χ1) is 21.0. The number of amides is 3. The zero-order valence-electron chi connectivity index (χ0n) is 23.5. The van der Waals surface area contributed by atoms with Crippen molar-refractivity contribution in [2.75, 3.05) is 44.6 Å². The maximum absolute atomic E-state index is 13.6. The van der Waals surface area contributed by atoms with E-state index in [-0.39, 0.29) is 51.1 Å². The number of hydrogen-bond acceptors (Lipinski definition) is 6. The molecule has 0 spiro atoms. The predicted molar refractivity (Wildman–Crippen MR) is 151 cm³/mol. The number of nitrogens with one attached hydrogen (secondary N) is 2. The van der Waals surface area contributed by atoms with E-state index < -0.39 is 31.0 Å². The molecule has 0 bridgehead atoms. The van der Waals surface area contributed by atoms with Gasteiger partial charge >= 0.3 is 0 Å². The van der Waals surface area contributed by atoms with Crippen molar-refractivity contribution in [1.82, 2.24) is 34.4 Å². The van der Waals surface area contributed by atoms with Gasteiger partial charge in [-0.25, -0.2) is 22.5 Å². The maximum Gasteiger partial charge on any atom is 0.291 e. The van der Waals surface area contributed by atoms with E-state index in [9.17, 15) is 31.9 Å². The Bertz CT molecular complexity index is 1590. The largest absolute Gasteiger partial charge is 0.339 e. The highest BCUT2D eigenvalue weighted by Gasteiger charge is 2.58. The second kappa shape index (κ2) is 11.8. The van der Waals surface area contributed by atoms with Gasteiger partial charge in [-0.1, -0.05) is 11.6 Å². The number of rotatable bonds is 8. The van der Waals surface area contributed by atoms with Gasteiger partial charge in [-0.15, -0.1) is 0 Å². The molecule has 6 rings (SSSR count). The lowest BCUT2D eigenvalue weighted by molar-refractivity contribution is -0.134. The molecule has 2 aliphatic heterocycles. The SMILES string of the molecule is Cn1c(-c2cn(CC(F)F)nc2C(F)F)cnc1C(=O)Nc1ccc(C(=O)N2CCN(C(=O)C3C4CNCC43)CC2)c(Cl)c1. The molecule has 1 saturated carbocycles. The monoisotopic (exact) mass is 636 g/mol. The van der Waals surface area contributed by atoms with Crippen LogP contribution in [0.2, 0.25) is 5.02 Å². The van der Waals surface area contributed by atoms with E-state index in [1.165, 1.54) is 36.0 Å². The van der Waals surface area contributed by atoms with Crippen LogP contribution in [0.5, 0.6) is 0 Å². The molecule has 0 radical (unpaired) electrons. The molecule has 16 heteroatoms. The molecule has 2 saturated heterocycles. The normalized spacial score (nSPS) is 21.2. The van der Waals surface area contributed by atoms with Crippen LogP contribution in [0.25, 0.3) is 11.3 Å². The van der Waals surface area contributed by atoms with Crippen LogP contribution >= 0.6 is 11.6 Å². The topological polar surface area (TPSA) is 117 Å². The highest BCUT2D eigenvalue weighted by Crippen LogP contribution is 2.49. The first kappa shape index (κ1) is 30.1. The lowest BCUT2D eigenvalue weighted by Crippen LogP contribution is -2.51. The van der Waals surface area contributed by atoms with E-state index in [0.717, 1.165) is 24.0 Å². The summed E-state index contributed by atoms with van der Waals surface area (Å²) in [7, 11) is 1.42. The van der Waals surface area contributed by atoms with Crippen molar-refractivity contribution in [2.24, 2.45) is 24.8 Å². The molecule has 2 unspecified atom stereocenters. The molecule has 44 heavy (non-hydrogen) atoms. The summed E-state index contributed by atoms with van der Waals surface area (Å²) in [5, 5.41) is 9.59. The fourth-order valence-electron chi connectivity index (χ4n) is 6.15. The van der Waals surface area contributed by atoms with E-state index >= 15 is 0 Å². The Hall–Kier alpha value is -3.98. The number of piperidine rings is 1. The maximum atomic E-state index is 13.6. The molecule has 1 aliphatic carbocycles. The Morgan fingerprint density at radius 3 is 2.39 bits per heavy atom. The third kappa shape index (κ3) is 5.65. The van der Waals surface area contributed by atoms with Crippen molar-refractivity contribution in [3.05, 3.63) is 52.7 Å². The number of anilines is 1. The minimum absolute atomic E-state index is 0.0868. The Labute approximate surface area is 254 Å². The fraction of sp³-hybridized carbons (Fsp3) is 0.464. The highest BCUT2D eigenvalue weighted by molar-refractivity contribution is 6.34. The molecule has 3 amide bonds. The Morgan fingerprint density at radius 1 is 1.07 bits per heavy atom. The number of nitrogens with zero attached hydrogens (tertiary/aromatic N) is 6. The molecule has 234 valence electrons. The molecule has 2 N–H and O–H groups in total. The lowest BCUT2D eigenvalue weighted by atomic mass is 10.1. The quantitative estimate of drug-likeness (QED) is 0.367. The number of piperazine rings is 1. The van der Waals surface area contributed by atoms with Crippen LogP contribution < -0.4 is 10.6 Å². The predicted octanol–water partition coefficient (Wildman–Crippen LogP) is 3.14. The molecule has 1 aromatic carbocycles. The average molecular weight is 637 g/mol. The summed E-state index contributed by atoms with van der Waals surface area (Å²) in [4.78, 5) is 46.6. The average Bonchev–Trinajstić information content (AvgIpc) is 3.35. The summed E-state index contributed by atoms with van der Waals surface area (Å²) in [6.45, 7) is 2.59. The Kier molecular flexibility index (Phi) is 8.09. The summed E-state index contributed by atoms with van der Waals surface area (Å²) < 4.78 is 54.7. The van der Waals surface area contributed by atoms with Gasteiger partial charge in [0.05, 0.1) is 22.5 Å². The summed E-state index contributed by atoms with van der Waals surface area (Å²) in [5.41, 5.74) is -0.240. The van der Waals surface area contributed by atoms with Crippen LogP contribution in [-0.2, 0) is 18.4 Å². The molecular weight excluding hydrogens is 608 g/mol. The van der Waals surface area contributed by atoms with Gasteiger partial charge in [0.2, 0.25) is 5.91 Å². The van der Waals surface area contributed by atoms with Gasteiger partial charge in [0.1, 0.15) is 12.2 Å². The molecule has 3 aromatic rings. The van der Waals surface area contributed by atoms with Crippen LogP contribution in [-0.4, -0.2) is 92.5 Å². The van der Waals surface area contributed by atoms with Crippen LogP contribution in [0.3, 0.4) is 0 Å². The van der Waals surface area contributed by atoms with Crippen LogP contribution in [0, 0.1) is 17.8 Å². The van der Waals surface area contributed by atoms with Gasteiger partial charge in [0.15, 0.2) is 5.82 Å². The number of fused-ring (bicyclic) bond motifs is 1. The number of halogens is 5. The van der Waals surface area contributed by atoms with Crippen LogP contribution in [0.1, 0.15) is 33.1 Å². The molecule has 11 nitrogen and oxygen atoms in total. The van der Waals surface area contributed by atoms with Crippen molar-refractivity contribution >= 4 is 35.0 Å². The van der Waals surface area contributed by atoms with E-state index in [2.05, 4.69) is 20.7 Å². The highest BCUT2D eigenvalue weighted by atomic mass is 35.5. The van der Waals surface area contributed by atoms with Crippen molar-refractivity contribution in [3.8, 4) is 11.3 Å². The Balaban J connectivity index is 1.09. The number of aromatic nitrogens is 4. The van der Waals surface area contributed by atoms with Crippen molar-refractivity contribution < 1.29 is 31.9 Å². The molecule has 3 aliphatic rings. The molecule has 4 heterocycles. The number of alkyl halides is 4. The zero-order chi connectivity index (χ0) is 31.3. The van der Waals surface area contributed by atoms with Crippen LogP contribution in [0.15, 0.2) is 30.6 Å². The number of carbonyl (C=O) groups is 3. The van der Waals surface area contributed by atoms with Crippen molar-refractivity contribution in [1.29, 1.82) is 0 Å². The van der Waals surface area contributed by atoms with Gasteiger partial charge in [0.25, 0.3) is 24.7 Å². The number of imidazole rings is 1. The van der Waals surface area contributed by atoms with E-state index in [4.69, 9.17) is 11.6 Å². The minimum Gasteiger partial charge on any atom is -0.339 e. The third-order valence-corrected chi connectivity index (χ3v) is 8.81. The summed E-state index contributed by atoms with van der Waals surface area (Å²) >= 11 is 6.43. The molecule has 2 aromatic heterocycles. The second-order valence-electron chi connectivity index (χ2n) is 11.1. The number of hydrogen-bond donors (Lipinski definition) is 2. The van der Waals surface area contributed by atoms with E-state index in [1.54, 1.807) is 4.90 Å². The van der Waals surface area contributed by atoms with Crippen molar-refractivity contribution in [3.63, 3.8) is 0 Å². The van der Waals surface area contributed by atoms with Gasteiger partial charge in [-0.05, 0) is 43.1 Å². The fourth-order valence-corrected chi connectivity index (χ4v) is 6.41. The van der Waals surface area contributed by atoms with Gasteiger partial charge in [-0.2, -0.15) is 5.10 Å². The van der Waals surface area contributed by atoms with Crippen LogP contribution in [0.4, 0.5) is 23.2 Å². The molecular formula is C28H29ClF4N8O3. The van der Waals surface area contributed by atoms with Gasteiger partial charge < -0.3 is 25.0 Å². The minimum atomic E-state index is -3.04. The number of carbonyl (C=O) groups excluding carboxylic acids is 3. The van der Waals surface area contributed by atoms with E-state index in [0.29, 0.717) is 38.0 Å². The molecule has 2 atom stereocenters. The standard InChI is InChI=1S/C28H29ClF4N8O3/c1-38-20(18-12-41(13-21(30)31)37-23(18)24(32)33)11-35-25(38)26(42)36-14-2-3-15(19(29)8-14)27(43)39-4-6-40(7-5-39)28(44)22-16-9-34-10-17(16)22/h2-3,8,11-12,16-17,21-22,24,34H,4-7,9-10,13H2,1H3,(H,36,42). The summed E-state index contributed by atoms with van der Waals surface area (Å²) in [5.74, 6) is 0.0118. The second-order valence-corrected chi connectivity index (χ2v) is 11.6. The lowest BCUT2D eigenvalue weighted by Gasteiger charge is -2.35. The van der Waals surface area contributed by atoms with Gasteiger partial charge in [0, 0.05) is 56.6 Å². The smallest absolute Gasteiger partial charge is 0.291 e. The number of benzene rings is 1. The van der Waals surface area contributed by atoms with Crippen molar-refractivity contribution in [2.45, 2.75) is 19.4 Å². The van der Waals surface area contributed by atoms with Gasteiger partial charge in [-0.3, -0.25) is 19.1 Å². The Morgan fingerprint density at radius 2 is 1.75 bits per heavy atom. The zero-order valence-corrected chi connectivity index (χ0v) is 24.3. The first-order valence-electron chi connectivity index (χ1n) is 14.1.